The Hall–Kier alpha value is -0.900. The number of aromatic nitrogens is 2. The number of rotatable bonds is 2. The van der Waals surface area contributed by atoms with E-state index >= 15 is 0 Å². The average Bonchev–Trinajstić information content (AvgIpc) is 2.50. The van der Waals surface area contributed by atoms with Crippen LogP contribution in [0.4, 0.5) is 0 Å². The van der Waals surface area contributed by atoms with Crippen molar-refractivity contribution in [2.24, 2.45) is 5.73 Å². The topological polar surface area (TPSA) is 64.9 Å². The molecule has 0 spiro atoms. The molecule has 74 valence electrons. The molecule has 0 aliphatic rings. The van der Waals surface area contributed by atoms with Crippen molar-refractivity contribution in [1.82, 2.24) is 10.1 Å². The van der Waals surface area contributed by atoms with Gasteiger partial charge >= 0.3 is 0 Å². The van der Waals surface area contributed by atoms with E-state index in [4.69, 9.17) is 10.3 Å². The van der Waals surface area contributed by atoms with Crippen LogP contribution < -0.4 is 5.73 Å². The van der Waals surface area contributed by atoms with Crippen LogP contribution in [0.25, 0.3) is 0 Å². The lowest BCUT2D eigenvalue weighted by molar-refractivity contribution is 0.317. The van der Waals surface area contributed by atoms with Gasteiger partial charge in [-0.1, -0.05) is 32.9 Å². The van der Waals surface area contributed by atoms with E-state index in [1.807, 2.05) is 27.7 Å². The van der Waals surface area contributed by atoms with Gasteiger partial charge in [-0.15, -0.1) is 0 Å². The average molecular weight is 183 g/mol. The first-order valence-corrected chi connectivity index (χ1v) is 4.54. The third-order valence-electron chi connectivity index (χ3n) is 1.85. The van der Waals surface area contributed by atoms with Crippen LogP contribution in [0.5, 0.6) is 0 Å². The van der Waals surface area contributed by atoms with Crippen LogP contribution in [0, 0.1) is 0 Å². The van der Waals surface area contributed by atoms with Crippen molar-refractivity contribution in [3.8, 4) is 0 Å². The van der Waals surface area contributed by atoms with Gasteiger partial charge in [-0.2, -0.15) is 4.98 Å². The van der Waals surface area contributed by atoms with Gasteiger partial charge in [-0.05, 0) is 6.42 Å². The van der Waals surface area contributed by atoms with E-state index in [1.165, 1.54) is 0 Å². The van der Waals surface area contributed by atoms with E-state index in [0.717, 1.165) is 6.42 Å². The predicted octanol–water partition coefficient (Wildman–Crippen LogP) is 1.78. The van der Waals surface area contributed by atoms with Crippen LogP contribution in [-0.4, -0.2) is 10.1 Å². The Kier molecular flexibility index (Phi) is 2.71. The van der Waals surface area contributed by atoms with Crippen LogP contribution >= 0.6 is 0 Å². The van der Waals surface area contributed by atoms with E-state index in [9.17, 15) is 0 Å². The molecular weight excluding hydrogens is 166 g/mol. The third-order valence-corrected chi connectivity index (χ3v) is 1.85. The first-order valence-electron chi connectivity index (χ1n) is 4.54. The summed E-state index contributed by atoms with van der Waals surface area (Å²) in [6.07, 6.45) is 0.823. The molecular formula is C9H17N3O. The lowest BCUT2D eigenvalue weighted by Crippen LogP contribution is -2.14. The largest absolute Gasteiger partial charge is 0.339 e. The van der Waals surface area contributed by atoms with Gasteiger partial charge in [0.05, 0.1) is 6.04 Å². The van der Waals surface area contributed by atoms with Gasteiger partial charge in [0.2, 0.25) is 5.89 Å². The van der Waals surface area contributed by atoms with Gasteiger partial charge in [-0.25, -0.2) is 0 Å². The smallest absolute Gasteiger partial charge is 0.232 e. The highest BCUT2D eigenvalue weighted by Gasteiger charge is 2.23. The highest BCUT2D eigenvalue weighted by molar-refractivity contribution is 5.00. The second-order valence-electron chi connectivity index (χ2n) is 4.22. The Balaban J connectivity index is 2.87. The van der Waals surface area contributed by atoms with Crippen molar-refractivity contribution in [1.29, 1.82) is 0 Å². The van der Waals surface area contributed by atoms with Crippen LogP contribution in [0.3, 0.4) is 0 Å². The summed E-state index contributed by atoms with van der Waals surface area (Å²) in [5, 5.41) is 3.84. The summed E-state index contributed by atoms with van der Waals surface area (Å²) in [7, 11) is 0. The van der Waals surface area contributed by atoms with E-state index in [1.54, 1.807) is 0 Å². The van der Waals surface area contributed by atoms with Gasteiger partial charge in [0.15, 0.2) is 5.82 Å². The van der Waals surface area contributed by atoms with Crippen molar-refractivity contribution in [3.63, 3.8) is 0 Å². The van der Waals surface area contributed by atoms with Crippen molar-refractivity contribution in [3.05, 3.63) is 11.7 Å². The van der Waals surface area contributed by atoms with Crippen molar-refractivity contribution in [2.45, 2.75) is 45.6 Å². The summed E-state index contributed by atoms with van der Waals surface area (Å²) < 4.78 is 5.11. The summed E-state index contributed by atoms with van der Waals surface area (Å²) >= 11 is 0. The van der Waals surface area contributed by atoms with Gasteiger partial charge < -0.3 is 10.3 Å². The molecule has 13 heavy (non-hydrogen) atoms. The summed E-state index contributed by atoms with van der Waals surface area (Å²) in [5.41, 5.74) is 5.67. The maximum absolute atomic E-state index is 5.77. The fourth-order valence-corrected chi connectivity index (χ4v) is 0.873. The minimum absolute atomic E-state index is 0.0985. The van der Waals surface area contributed by atoms with Gasteiger partial charge in [0.25, 0.3) is 0 Å². The fraction of sp³-hybridized carbons (Fsp3) is 0.778. The Bertz CT molecular complexity index is 275. The van der Waals surface area contributed by atoms with Crippen LogP contribution in [0.15, 0.2) is 4.52 Å². The molecule has 4 heteroatoms. The van der Waals surface area contributed by atoms with Gasteiger partial charge in [-0.3, -0.25) is 0 Å². The molecule has 0 aliphatic heterocycles. The zero-order chi connectivity index (χ0) is 10.1. The minimum atomic E-state index is -0.111. The fourth-order valence-electron chi connectivity index (χ4n) is 0.873. The normalized spacial score (nSPS) is 14.5. The van der Waals surface area contributed by atoms with E-state index < -0.39 is 0 Å². The molecule has 0 aliphatic carbocycles. The van der Waals surface area contributed by atoms with Crippen molar-refractivity contribution in [2.75, 3.05) is 0 Å². The number of hydrogen-bond acceptors (Lipinski definition) is 4. The van der Waals surface area contributed by atoms with Gasteiger partial charge in [0, 0.05) is 5.41 Å². The lowest BCUT2D eigenvalue weighted by atomic mass is 9.97. The summed E-state index contributed by atoms with van der Waals surface area (Å²) in [4.78, 5) is 4.25. The molecule has 0 saturated heterocycles. The zero-order valence-electron chi connectivity index (χ0n) is 8.66. The number of nitrogens with two attached hydrogens (primary N) is 1. The van der Waals surface area contributed by atoms with Crippen LogP contribution in [0.2, 0.25) is 0 Å². The van der Waals surface area contributed by atoms with Crippen LogP contribution in [-0.2, 0) is 5.41 Å². The molecule has 0 aromatic carbocycles. The molecule has 1 rings (SSSR count). The summed E-state index contributed by atoms with van der Waals surface area (Å²) in [6.45, 7) is 8.09. The SMILES string of the molecule is CCC(N)c1noc(C(C)(C)C)n1. The maximum atomic E-state index is 5.77. The molecule has 0 radical (unpaired) electrons. The van der Waals surface area contributed by atoms with E-state index in [0.29, 0.717) is 11.7 Å². The Morgan fingerprint density at radius 1 is 1.46 bits per heavy atom. The molecule has 1 atom stereocenters. The standard InChI is InChI=1S/C9H17N3O/c1-5-6(10)7-11-8(13-12-7)9(2,3)4/h6H,5,10H2,1-4H3. The molecule has 0 bridgehead atoms. The highest BCUT2D eigenvalue weighted by atomic mass is 16.5. The van der Waals surface area contributed by atoms with Crippen molar-refractivity contribution >= 4 is 0 Å². The molecule has 0 saturated carbocycles. The number of hydrogen-bond donors (Lipinski definition) is 1. The molecule has 2 N–H and O–H groups in total. The van der Waals surface area contributed by atoms with E-state index in [-0.39, 0.29) is 11.5 Å². The summed E-state index contributed by atoms with van der Waals surface area (Å²) in [5.74, 6) is 1.25. The minimum Gasteiger partial charge on any atom is -0.339 e. The molecule has 1 aromatic rings. The Labute approximate surface area is 78.5 Å². The molecule has 1 unspecified atom stereocenters. The maximum Gasteiger partial charge on any atom is 0.232 e. The van der Waals surface area contributed by atoms with Crippen LogP contribution in [0.1, 0.15) is 51.9 Å². The second-order valence-corrected chi connectivity index (χ2v) is 4.22. The highest BCUT2D eigenvalue weighted by Crippen LogP contribution is 2.21. The molecule has 0 fully saturated rings. The predicted molar refractivity (Wildman–Crippen MR) is 50.2 cm³/mol. The Morgan fingerprint density at radius 3 is 2.46 bits per heavy atom. The molecule has 1 aromatic heterocycles. The summed E-state index contributed by atoms with van der Waals surface area (Å²) in [6, 6.07) is -0.111. The third kappa shape index (κ3) is 2.28. The lowest BCUT2D eigenvalue weighted by Gasteiger charge is -2.10. The van der Waals surface area contributed by atoms with E-state index in [2.05, 4.69) is 10.1 Å². The quantitative estimate of drug-likeness (QED) is 0.759. The second kappa shape index (κ2) is 3.46. The van der Waals surface area contributed by atoms with Gasteiger partial charge in [0.1, 0.15) is 0 Å². The van der Waals surface area contributed by atoms with Crippen molar-refractivity contribution < 1.29 is 4.52 Å². The molecule has 0 amide bonds. The zero-order valence-corrected chi connectivity index (χ0v) is 8.66. The molecule has 4 nitrogen and oxygen atoms in total. The first kappa shape index (κ1) is 10.2. The number of nitrogens with zero attached hydrogens (tertiary/aromatic N) is 2. The monoisotopic (exact) mass is 183 g/mol. The first-order chi connectivity index (χ1) is 5.95. The molecule has 1 heterocycles. The Morgan fingerprint density at radius 2 is 2.08 bits per heavy atom.